The van der Waals surface area contributed by atoms with Gasteiger partial charge < -0.3 is 20.4 Å². The number of aliphatic hydroxyl groups excluding tert-OH is 1. The highest BCUT2D eigenvalue weighted by Gasteiger charge is 2.51. The summed E-state index contributed by atoms with van der Waals surface area (Å²) in [6.07, 6.45) is 4.61. The van der Waals surface area contributed by atoms with Crippen LogP contribution in [0.25, 0.3) is 0 Å². The van der Waals surface area contributed by atoms with Gasteiger partial charge in [0.25, 0.3) is 0 Å². The Balaban J connectivity index is 1.58. The molecule has 2 saturated carbocycles. The van der Waals surface area contributed by atoms with Crippen LogP contribution in [0.3, 0.4) is 0 Å². The predicted octanol–water partition coefficient (Wildman–Crippen LogP) is 0.900. The lowest BCUT2D eigenvalue weighted by molar-refractivity contribution is -0.144. The fourth-order valence-corrected chi connectivity index (χ4v) is 4.52. The minimum absolute atomic E-state index is 0.126. The van der Waals surface area contributed by atoms with Crippen molar-refractivity contribution in [2.24, 2.45) is 23.7 Å². The lowest BCUT2D eigenvalue weighted by atomic mass is 9.84. The molecule has 0 spiro atoms. The van der Waals surface area contributed by atoms with Crippen LogP contribution >= 0.6 is 0 Å². The monoisotopic (exact) mass is 296 g/mol. The Hall–Kier alpha value is -1.30. The lowest BCUT2D eigenvalue weighted by Gasteiger charge is -2.30. The number of carboxylic acids is 1. The zero-order valence-corrected chi connectivity index (χ0v) is 12.2. The van der Waals surface area contributed by atoms with E-state index in [0.29, 0.717) is 24.9 Å². The number of hydrogen-bond donors (Lipinski definition) is 3. The molecule has 2 amide bonds. The van der Waals surface area contributed by atoms with E-state index in [1.54, 1.807) is 4.90 Å². The topological polar surface area (TPSA) is 89.9 Å². The molecule has 1 aliphatic heterocycles. The highest BCUT2D eigenvalue weighted by atomic mass is 16.4. The van der Waals surface area contributed by atoms with Crippen molar-refractivity contribution in [3.05, 3.63) is 0 Å². The van der Waals surface area contributed by atoms with Crippen molar-refractivity contribution in [3.63, 3.8) is 0 Å². The van der Waals surface area contributed by atoms with Gasteiger partial charge in [-0.15, -0.1) is 0 Å². The van der Waals surface area contributed by atoms with Crippen LogP contribution in [0.15, 0.2) is 0 Å². The number of rotatable bonds is 4. The summed E-state index contributed by atoms with van der Waals surface area (Å²) in [6, 6.07) is -0.329. The quantitative estimate of drug-likeness (QED) is 0.719. The number of aliphatic carboxylic acids is 1. The molecule has 0 aromatic carbocycles. The molecular weight excluding hydrogens is 272 g/mol. The number of carboxylic acid groups (broad SMARTS) is 1. The van der Waals surface area contributed by atoms with Crippen LogP contribution in [-0.2, 0) is 4.79 Å². The standard InChI is InChI=1S/C15H24N2O4/c18-6-4-9-3-5-17(8-9)15(21)16-13-11-2-1-10(7-11)12(13)14(19)20/h9-13,18H,1-8H2,(H,16,21)(H,19,20). The average molecular weight is 296 g/mol. The van der Waals surface area contributed by atoms with Gasteiger partial charge in [0.15, 0.2) is 0 Å². The summed E-state index contributed by atoms with van der Waals surface area (Å²) < 4.78 is 0. The van der Waals surface area contributed by atoms with Crippen molar-refractivity contribution in [2.75, 3.05) is 19.7 Å². The van der Waals surface area contributed by atoms with Gasteiger partial charge in [0, 0.05) is 25.7 Å². The van der Waals surface area contributed by atoms with Crippen molar-refractivity contribution in [1.82, 2.24) is 10.2 Å². The maximum absolute atomic E-state index is 12.4. The first kappa shape index (κ1) is 14.6. The van der Waals surface area contributed by atoms with E-state index >= 15 is 0 Å². The van der Waals surface area contributed by atoms with Crippen molar-refractivity contribution in [3.8, 4) is 0 Å². The zero-order chi connectivity index (χ0) is 15.0. The summed E-state index contributed by atoms with van der Waals surface area (Å²) in [5.41, 5.74) is 0. The molecule has 3 N–H and O–H groups in total. The van der Waals surface area contributed by atoms with Gasteiger partial charge in [-0.3, -0.25) is 4.79 Å². The maximum Gasteiger partial charge on any atom is 0.317 e. The third kappa shape index (κ3) is 2.73. The predicted molar refractivity (Wildman–Crippen MR) is 75.7 cm³/mol. The number of carbonyl (C=O) groups is 2. The summed E-state index contributed by atoms with van der Waals surface area (Å²) in [4.78, 5) is 25.6. The molecule has 3 rings (SSSR count). The fourth-order valence-electron chi connectivity index (χ4n) is 4.52. The first-order valence-corrected chi connectivity index (χ1v) is 7.99. The van der Waals surface area contributed by atoms with Gasteiger partial charge in [-0.05, 0) is 49.9 Å². The number of carbonyl (C=O) groups excluding carboxylic acids is 1. The number of aliphatic hydroxyl groups is 1. The maximum atomic E-state index is 12.4. The molecule has 21 heavy (non-hydrogen) atoms. The van der Waals surface area contributed by atoms with E-state index in [1.807, 2.05) is 0 Å². The first-order valence-electron chi connectivity index (χ1n) is 7.99. The number of likely N-dealkylation sites (tertiary alicyclic amines) is 1. The lowest BCUT2D eigenvalue weighted by Crippen LogP contribution is -2.51. The van der Waals surface area contributed by atoms with E-state index in [1.165, 1.54) is 0 Å². The van der Waals surface area contributed by atoms with Gasteiger partial charge >= 0.3 is 12.0 Å². The number of nitrogens with zero attached hydrogens (tertiary/aromatic N) is 1. The second-order valence-electron chi connectivity index (χ2n) is 6.79. The van der Waals surface area contributed by atoms with Crippen LogP contribution in [0.5, 0.6) is 0 Å². The SMILES string of the molecule is O=C(O)C1C2CCC(C2)C1NC(=O)N1CCC(CCO)C1. The molecule has 6 nitrogen and oxygen atoms in total. The Morgan fingerprint density at radius 3 is 2.67 bits per heavy atom. The van der Waals surface area contributed by atoms with Gasteiger partial charge in [0.2, 0.25) is 0 Å². The smallest absolute Gasteiger partial charge is 0.317 e. The molecule has 5 atom stereocenters. The molecule has 0 aromatic rings. The van der Waals surface area contributed by atoms with E-state index in [4.69, 9.17) is 5.11 Å². The minimum atomic E-state index is -0.771. The van der Waals surface area contributed by atoms with Crippen LogP contribution in [0, 0.1) is 23.7 Å². The summed E-state index contributed by atoms with van der Waals surface area (Å²) in [7, 11) is 0. The number of amides is 2. The van der Waals surface area contributed by atoms with Crippen molar-refractivity contribution < 1.29 is 19.8 Å². The Labute approximate surface area is 124 Å². The fraction of sp³-hybridized carbons (Fsp3) is 0.867. The number of fused-ring (bicyclic) bond motifs is 2. The van der Waals surface area contributed by atoms with Gasteiger partial charge in [-0.25, -0.2) is 4.79 Å². The highest BCUT2D eigenvalue weighted by Crippen LogP contribution is 2.48. The molecule has 2 aliphatic carbocycles. The van der Waals surface area contributed by atoms with E-state index < -0.39 is 11.9 Å². The van der Waals surface area contributed by atoms with E-state index in [0.717, 1.165) is 32.1 Å². The molecule has 1 heterocycles. The van der Waals surface area contributed by atoms with Crippen LogP contribution in [-0.4, -0.2) is 52.9 Å². The van der Waals surface area contributed by atoms with E-state index in [2.05, 4.69) is 5.32 Å². The van der Waals surface area contributed by atoms with Crippen molar-refractivity contribution in [2.45, 2.75) is 38.1 Å². The number of urea groups is 1. The summed E-state index contributed by atoms with van der Waals surface area (Å²) in [5, 5.41) is 21.4. The Kier molecular flexibility index (Phi) is 4.06. The van der Waals surface area contributed by atoms with Crippen LogP contribution in [0.2, 0.25) is 0 Å². The second kappa shape index (κ2) is 5.83. The van der Waals surface area contributed by atoms with Crippen molar-refractivity contribution >= 4 is 12.0 Å². The summed E-state index contributed by atoms with van der Waals surface area (Å²) in [6.45, 7) is 1.54. The molecule has 6 heteroatoms. The van der Waals surface area contributed by atoms with Crippen molar-refractivity contribution in [1.29, 1.82) is 0 Å². The zero-order valence-electron chi connectivity index (χ0n) is 12.2. The molecule has 3 aliphatic rings. The summed E-state index contributed by atoms with van der Waals surface area (Å²) >= 11 is 0. The molecule has 2 bridgehead atoms. The van der Waals surface area contributed by atoms with Crippen LogP contribution in [0.4, 0.5) is 4.79 Å². The Morgan fingerprint density at radius 2 is 1.95 bits per heavy atom. The summed E-state index contributed by atoms with van der Waals surface area (Å²) in [5.74, 6) is -0.249. The minimum Gasteiger partial charge on any atom is -0.481 e. The third-order valence-electron chi connectivity index (χ3n) is 5.60. The van der Waals surface area contributed by atoms with Gasteiger partial charge in [0.05, 0.1) is 5.92 Å². The van der Waals surface area contributed by atoms with Crippen LogP contribution in [0.1, 0.15) is 32.1 Å². The highest BCUT2D eigenvalue weighted by molar-refractivity contribution is 5.78. The molecule has 3 fully saturated rings. The molecule has 0 radical (unpaired) electrons. The number of hydrogen-bond acceptors (Lipinski definition) is 3. The molecule has 118 valence electrons. The third-order valence-corrected chi connectivity index (χ3v) is 5.60. The van der Waals surface area contributed by atoms with Gasteiger partial charge in [0.1, 0.15) is 0 Å². The molecular formula is C15H24N2O4. The largest absolute Gasteiger partial charge is 0.481 e. The first-order chi connectivity index (χ1) is 10.1. The normalized spacial score (nSPS) is 38.0. The molecule has 5 unspecified atom stereocenters. The van der Waals surface area contributed by atoms with Crippen LogP contribution < -0.4 is 5.32 Å². The number of nitrogens with one attached hydrogen (secondary N) is 1. The Morgan fingerprint density at radius 1 is 1.19 bits per heavy atom. The van der Waals surface area contributed by atoms with E-state index in [-0.39, 0.29) is 24.6 Å². The average Bonchev–Trinajstić information content (AvgIpc) is 3.13. The Bertz CT molecular complexity index is 428. The van der Waals surface area contributed by atoms with Gasteiger partial charge in [-0.1, -0.05) is 0 Å². The van der Waals surface area contributed by atoms with Gasteiger partial charge in [-0.2, -0.15) is 0 Å². The second-order valence-corrected chi connectivity index (χ2v) is 6.79. The van der Waals surface area contributed by atoms with E-state index in [9.17, 15) is 14.7 Å². The molecule has 0 aromatic heterocycles. The molecule has 1 saturated heterocycles.